The zero-order chi connectivity index (χ0) is 8.27. The van der Waals surface area contributed by atoms with Crippen LogP contribution in [-0.2, 0) is 0 Å². The first kappa shape index (κ1) is 7.75. The lowest BCUT2D eigenvalue weighted by molar-refractivity contribution is 0.0792. The van der Waals surface area contributed by atoms with Gasteiger partial charge in [-0.1, -0.05) is 6.08 Å². The predicted molar refractivity (Wildman–Crippen MR) is 39.2 cm³/mol. The highest BCUT2D eigenvalue weighted by Gasteiger charge is 2.15. The average Bonchev–Trinajstić information content (AvgIpc) is 2.53. The molecule has 3 nitrogen and oxygen atoms in total. The first-order chi connectivity index (χ1) is 5.25. The topological polar surface area (TPSA) is 50.4 Å². The Morgan fingerprint density at radius 3 is 3.00 bits per heavy atom. The third kappa shape index (κ3) is 1.56. The Labute approximate surface area is 64.0 Å². The van der Waals surface area contributed by atoms with Crippen LogP contribution < -0.4 is 0 Å². The molecule has 1 atom stereocenters. The van der Waals surface area contributed by atoms with Crippen LogP contribution in [0.5, 0.6) is 0 Å². The smallest absolute Gasteiger partial charge is 0.230 e. The van der Waals surface area contributed by atoms with Gasteiger partial charge in [0.15, 0.2) is 5.76 Å². The van der Waals surface area contributed by atoms with E-state index in [-0.39, 0.29) is 5.76 Å². The van der Waals surface area contributed by atoms with Crippen LogP contribution in [0.4, 0.5) is 0 Å². The van der Waals surface area contributed by atoms with E-state index in [2.05, 4.69) is 6.58 Å². The molecule has 0 radical (unpaired) electrons. The summed E-state index contributed by atoms with van der Waals surface area (Å²) in [5.41, 5.74) is 0. The van der Waals surface area contributed by atoms with Gasteiger partial charge in [-0.15, -0.1) is 6.58 Å². The summed E-state index contributed by atoms with van der Waals surface area (Å²) in [5.74, 6) is -0.317. The number of rotatable bonds is 3. The zero-order valence-electron chi connectivity index (χ0n) is 5.86. The Morgan fingerprint density at radius 1 is 1.82 bits per heavy atom. The van der Waals surface area contributed by atoms with Crippen molar-refractivity contribution in [1.82, 2.24) is 0 Å². The van der Waals surface area contributed by atoms with Crippen LogP contribution >= 0.6 is 0 Å². The highest BCUT2D eigenvalue weighted by Crippen LogP contribution is 2.04. The summed E-state index contributed by atoms with van der Waals surface area (Å²) in [4.78, 5) is 11.0. The second kappa shape index (κ2) is 3.16. The average molecular weight is 152 g/mol. The van der Waals surface area contributed by atoms with Gasteiger partial charge < -0.3 is 9.52 Å². The number of Topliss-reactive ketones (excluding diaryl/α,β-unsaturated/α-hetero) is 1. The van der Waals surface area contributed by atoms with Crippen LogP contribution in [0, 0.1) is 0 Å². The number of hydrogen-bond acceptors (Lipinski definition) is 3. The van der Waals surface area contributed by atoms with E-state index < -0.39 is 11.9 Å². The van der Waals surface area contributed by atoms with Gasteiger partial charge in [0.2, 0.25) is 5.78 Å². The van der Waals surface area contributed by atoms with Crippen molar-refractivity contribution in [1.29, 1.82) is 0 Å². The molecule has 3 heteroatoms. The van der Waals surface area contributed by atoms with E-state index in [4.69, 9.17) is 9.52 Å². The molecule has 0 aliphatic rings. The van der Waals surface area contributed by atoms with Gasteiger partial charge in [-0.25, -0.2) is 0 Å². The van der Waals surface area contributed by atoms with Gasteiger partial charge in [0.05, 0.1) is 6.26 Å². The molecule has 0 saturated carbocycles. The van der Waals surface area contributed by atoms with Crippen molar-refractivity contribution in [2.45, 2.75) is 6.10 Å². The van der Waals surface area contributed by atoms with Crippen molar-refractivity contribution in [3.63, 3.8) is 0 Å². The maximum absolute atomic E-state index is 11.0. The molecule has 1 rings (SSSR count). The molecule has 1 aromatic heterocycles. The lowest BCUT2D eigenvalue weighted by atomic mass is 10.2. The third-order valence-corrected chi connectivity index (χ3v) is 1.26. The van der Waals surface area contributed by atoms with Crippen molar-refractivity contribution in [2.75, 3.05) is 0 Å². The van der Waals surface area contributed by atoms with Gasteiger partial charge in [0.25, 0.3) is 0 Å². The van der Waals surface area contributed by atoms with Crippen LogP contribution in [0.3, 0.4) is 0 Å². The highest BCUT2D eigenvalue weighted by molar-refractivity contribution is 5.97. The lowest BCUT2D eigenvalue weighted by Crippen LogP contribution is -2.16. The minimum absolute atomic E-state index is 0.150. The molecule has 1 N–H and O–H groups in total. The van der Waals surface area contributed by atoms with Crippen molar-refractivity contribution < 1.29 is 14.3 Å². The van der Waals surface area contributed by atoms with Crippen LogP contribution in [0.2, 0.25) is 0 Å². The molecule has 0 aliphatic heterocycles. The lowest BCUT2D eigenvalue weighted by Gasteiger charge is -1.98. The van der Waals surface area contributed by atoms with Gasteiger partial charge in [-0.3, -0.25) is 4.79 Å². The fraction of sp³-hybridized carbons (Fsp3) is 0.125. The second-order valence-corrected chi connectivity index (χ2v) is 2.02. The van der Waals surface area contributed by atoms with E-state index in [1.807, 2.05) is 0 Å². The maximum atomic E-state index is 11.0. The maximum Gasteiger partial charge on any atom is 0.230 e. The van der Waals surface area contributed by atoms with Gasteiger partial charge in [0.1, 0.15) is 6.10 Å². The fourth-order valence-corrected chi connectivity index (χ4v) is 0.672. The number of hydrogen-bond donors (Lipinski definition) is 1. The molecule has 1 aromatic rings. The first-order valence-electron chi connectivity index (χ1n) is 3.14. The predicted octanol–water partition coefficient (Wildman–Crippen LogP) is 1.01. The number of aliphatic hydroxyl groups excluding tert-OH is 1. The molecule has 1 unspecified atom stereocenters. The summed E-state index contributed by atoms with van der Waals surface area (Å²) >= 11 is 0. The normalized spacial score (nSPS) is 12.5. The molecule has 1 heterocycles. The van der Waals surface area contributed by atoms with Crippen LogP contribution in [-0.4, -0.2) is 17.0 Å². The van der Waals surface area contributed by atoms with E-state index in [1.165, 1.54) is 12.3 Å². The quantitative estimate of drug-likeness (QED) is 0.519. The molecule has 11 heavy (non-hydrogen) atoms. The van der Waals surface area contributed by atoms with E-state index in [1.54, 1.807) is 6.07 Å². The molecular formula is C8H8O3. The molecule has 0 amide bonds. The van der Waals surface area contributed by atoms with Crippen LogP contribution in [0.25, 0.3) is 0 Å². The van der Waals surface area contributed by atoms with Gasteiger partial charge in [-0.2, -0.15) is 0 Å². The van der Waals surface area contributed by atoms with Crippen LogP contribution in [0.15, 0.2) is 35.5 Å². The first-order valence-corrected chi connectivity index (χ1v) is 3.14. The molecule has 58 valence electrons. The minimum Gasteiger partial charge on any atom is -0.461 e. The summed E-state index contributed by atoms with van der Waals surface area (Å²) in [6.07, 6.45) is 1.37. The molecule has 0 fully saturated rings. The third-order valence-electron chi connectivity index (χ3n) is 1.26. The molecule has 0 aromatic carbocycles. The number of ketones is 1. The number of aliphatic hydroxyl groups is 1. The van der Waals surface area contributed by atoms with Crippen molar-refractivity contribution in [2.24, 2.45) is 0 Å². The number of carbonyl (C=O) groups excluding carboxylic acids is 1. The zero-order valence-corrected chi connectivity index (χ0v) is 5.86. The Morgan fingerprint density at radius 2 is 2.55 bits per heavy atom. The fourth-order valence-electron chi connectivity index (χ4n) is 0.672. The van der Waals surface area contributed by atoms with Crippen LogP contribution in [0.1, 0.15) is 10.6 Å². The largest absolute Gasteiger partial charge is 0.461 e. The van der Waals surface area contributed by atoms with Gasteiger partial charge >= 0.3 is 0 Å². The van der Waals surface area contributed by atoms with Gasteiger partial charge in [0, 0.05) is 0 Å². The Kier molecular flexibility index (Phi) is 2.23. The summed E-state index contributed by atoms with van der Waals surface area (Å²) in [6.45, 7) is 3.28. The Hall–Kier alpha value is -1.35. The van der Waals surface area contributed by atoms with Crippen molar-refractivity contribution in [3.8, 4) is 0 Å². The van der Waals surface area contributed by atoms with Crippen molar-refractivity contribution >= 4 is 5.78 Å². The van der Waals surface area contributed by atoms with E-state index in [0.717, 1.165) is 6.08 Å². The molecule has 0 spiro atoms. The number of carbonyl (C=O) groups is 1. The SMILES string of the molecule is C=CC(O)C(=O)c1ccco1. The summed E-state index contributed by atoms with van der Waals surface area (Å²) in [6, 6.07) is 3.08. The Balaban J connectivity index is 2.78. The summed E-state index contributed by atoms with van der Waals surface area (Å²) < 4.78 is 4.76. The summed E-state index contributed by atoms with van der Waals surface area (Å²) in [5, 5.41) is 8.97. The summed E-state index contributed by atoms with van der Waals surface area (Å²) in [7, 11) is 0. The van der Waals surface area contributed by atoms with E-state index >= 15 is 0 Å². The molecular weight excluding hydrogens is 144 g/mol. The van der Waals surface area contributed by atoms with Crippen molar-refractivity contribution in [3.05, 3.63) is 36.8 Å². The minimum atomic E-state index is -1.17. The Bertz CT molecular complexity index is 248. The standard InChI is InChI=1S/C8H8O3/c1-2-6(9)8(10)7-4-3-5-11-7/h2-6,9H,1H2. The molecule has 0 aliphatic carbocycles. The van der Waals surface area contributed by atoms with E-state index in [0.29, 0.717) is 0 Å². The van der Waals surface area contributed by atoms with E-state index in [9.17, 15) is 4.79 Å². The highest BCUT2D eigenvalue weighted by atomic mass is 16.3. The molecule has 0 bridgehead atoms. The molecule has 0 saturated heterocycles. The monoisotopic (exact) mass is 152 g/mol. The second-order valence-electron chi connectivity index (χ2n) is 2.02. The number of furan rings is 1. The van der Waals surface area contributed by atoms with Gasteiger partial charge in [-0.05, 0) is 12.1 Å².